The molecule has 2 radical (unpaired) electrons. The van der Waals surface area contributed by atoms with Crippen LogP contribution in [0.1, 0.15) is 47.3 Å². The van der Waals surface area contributed by atoms with Crippen molar-refractivity contribution in [3.8, 4) is 0 Å². The summed E-state index contributed by atoms with van der Waals surface area (Å²) < 4.78 is 0.646. The molecule has 4 rings (SSSR count). The number of ketones is 1. The van der Waals surface area contributed by atoms with Gasteiger partial charge in [-0.3, -0.25) is 4.79 Å². The van der Waals surface area contributed by atoms with E-state index in [9.17, 15) is 4.79 Å². The Morgan fingerprint density at radius 1 is 1.33 bits per heavy atom. The lowest BCUT2D eigenvalue weighted by molar-refractivity contribution is 0.0957. The molecular formula is C15H13BClN3O. The zero-order valence-electron chi connectivity index (χ0n) is 11.4. The second-order valence-electron chi connectivity index (χ2n) is 5.84. The second-order valence-corrected chi connectivity index (χ2v) is 6.51. The molecule has 0 amide bonds. The fourth-order valence-corrected chi connectivity index (χ4v) is 3.12. The van der Waals surface area contributed by atoms with Gasteiger partial charge >= 0.3 is 0 Å². The van der Waals surface area contributed by atoms with Crippen LogP contribution in [-0.4, -0.2) is 28.4 Å². The third-order valence-corrected chi connectivity index (χ3v) is 4.46. The summed E-state index contributed by atoms with van der Waals surface area (Å²) in [6, 6.07) is 9.84. The molecule has 21 heavy (non-hydrogen) atoms. The van der Waals surface area contributed by atoms with Gasteiger partial charge in [0, 0.05) is 5.92 Å². The molecule has 104 valence electrons. The Morgan fingerprint density at radius 2 is 2.05 bits per heavy atom. The molecule has 2 aliphatic rings. The highest BCUT2D eigenvalue weighted by molar-refractivity contribution is 6.44. The van der Waals surface area contributed by atoms with Crippen LogP contribution in [-0.2, 0) is 4.77 Å². The van der Waals surface area contributed by atoms with E-state index in [1.54, 1.807) is 4.68 Å². The molecule has 4 nitrogen and oxygen atoms in total. The lowest BCUT2D eigenvalue weighted by atomic mass is 9.82. The van der Waals surface area contributed by atoms with Gasteiger partial charge in [-0.25, -0.2) is 9.67 Å². The van der Waals surface area contributed by atoms with Crippen molar-refractivity contribution in [2.24, 2.45) is 5.92 Å². The van der Waals surface area contributed by atoms with E-state index in [2.05, 4.69) is 10.1 Å². The van der Waals surface area contributed by atoms with Crippen LogP contribution in [0.25, 0.3) is 0 Å². The first-order valence-electron chi connectivity index (χ1n) is 7.10. The summed E-state index contributed by atoms with van der Waals surface area (Å²) in [7, 11) is 6.15. The number of fused-ring (bicyclic) bond motifs is 1. The van der Waals surface area contributed by atoms with Crippen LogP contribution in [0.3, 0.4) is 0 Å². The van der Waals surface area contributed by atoms with E-state index in [-0.39, 0.29) is 23.6 Å². The Morgan fingerprint density at radius 3 is 2.71 bits per heavy atom. The summed E-state index contributed by atoms with van der Waals surface area (Å²) in [5.74, 6) is 0.840. The summed E-state index contributed by atoms with van der Waals surface area (Å²) in [6.45, 7) is 0. The fraction of sp³-hybridized carbons (Fsp3) is 0.400. The van der Waals surface area contributed by atoms with Crippen LogP contribution >= 0.6 is 11.6 Å². The SMILES string of the molecule is [B][C@@]1(Cl)C[C@H](c2ccccc2)n2nc(C(=O)C3CC3)nc21. The lowest BCUT2D eigenvalue weighted by Gasteiger charge is -2.15. The van der Waals surface area contributed by atoms with E-state index in [1.165, 1.54) is 0 Å². The van der Waals surface area contributed by atoms with E-state index < -0.39 is 4.77 Å². The number of carbonyl (C=O) groups excluding carboxylic acids is 1. The molecule has 0 N–H and O–H groups in total. The molecule has 0 unspecified atom stereocenters. The van der Waals surface area contributed by atoms with Gasteiger partial charge in [-0.1, -0.05) is 30.3 Å². The largest absolute Gasteiger partial charge is 0.290 e. The minimum absolute atomic E-state index is 0.0104. The molecule has 1 aromatic heterocycles. The Bertz CT molecular complexity index is 709. The minimum atomic E-state index is -1.07. The van der Waals surface area contributed by atoms with Gasteiger partial charge in [0.25, 0.3) is 0 Å². The lowest BCUT2D eigenvalue weighted by Crippen LogP contribution is -2.17. The maximum Gasteiger partial charge on any atom is 0.217 e. The molecule has 2 heterocycles. The van der Waals surface area contributed by atoms with E-state index in [0.717, 1.165) is 18.4 Å². The Labute approximate surface area is 128 Å². The van der Waals surface area contributed by atoms with Crippen molar-refractivity contribution in [1.82, 2.24) is 14.8 Å². The third-order valence-electron chi connectivity index (χ3n) is 4.14. The monoisotopic (exact) mass is 297 g/mol. The van der Waals surface area contributed by atoms with Crippen molar-refractivity contribution in [1.29, 1.82) is 0 Å². The van der Waals surface area contributed by atoms with E-state index in [4.69, 9.17) is 19.4 Å². The van der Waals surface area contributed by atoms with Crippen molar-refractivity contribution in [2.45, 2.75) is 30.1 Å². The van der Waals surface area contributed by atoms with Gasteiger partial charge in [0.2, 0.25) is 11.6 Å². The zero-order chi connectivity index (χ0) is 14.6. The van der Waals surface area contributed by atoms with Crippen LogP contribution in [0, 0.1) is 5.92 Å². The molecule has 2 aromatic rings. The fourth-order valence-electron chi connectivity index (χ4n) is 2.85. The molecule has 1 aliphatic carbocycles. The number of hydrogen-bond acceptors (Lipinski definition) is 3. The van der Waals surface area contributed by atoms with E-state index in [1.807, 2.05) is 30.3 Å². The summed E-state index contributed by atoms with van der Waals surface area (Å²) >= 11 is 6.40. The summed E-state index contributed by atoms with van der Waals surface area (Å²) in [4.78, 5) is 16.5. The summed E-state index contributed by atoms with van der Waals surface area (Å²) in [5, 5.41) is 4.40. The number of Topliss-reactive ketones (excluding diaryl/α,β-unsaturated/α-hetero) is 1. The van der Waals surface area contributed by atoms with Gasteiger partial charge in [-0.15, -0.1) is 16.7 Å². The van der Waals surface area contributed by atoms with Gasteiger partial charge in [0.1, 0.15) is 13.7 Å². The van der Waals surface area contributed by atoms with Crippen molar-refractivity contribution in [3.05, 3.63) is 47.5 Å². The normalized spacial score (nSPS) is 27.6. The van der Waals surface area contributed by atoms with Crippen LogP contribution in [0.5, 0.6) is 0 Å². The molecule has 0 spiro atoms. The number of aromatic nitrogens is 3. The highest BCUT2D eigenvalue weighted by atomic mass is 35.5. The molecule has 1 aliphatic heterocycles. The van der Waals surface area contributed by atoms with Crippen LogP contribution in [0.4, 0.5) is 0 Å². The van der Waals surface area contributed by atoms with Crippen molar-refractivity contribution >= 4 is 25.2 Å². The number of alkyl halides is 1. The smallest absolute Gasteiger partial charge is 0.217 e. The zero-order valence-corrected chi connectivity index (χ0v) is 12.1. The standard InChI is InChI=1S/C15H13BClN3O/c16-15(17)8-11(9-4-2-1-3-5-9)20-14(15)18-13(19-20)12(21)10-6-7-10/h1-5,10-11H,6-8H2/t11-,15-/m1/s1. The van der Waals surface area contributed by atoms with Crippen molar-refractivity contribution < 1.29 is 4.79 Å². The highest BCUT2D eigenvalue weighted by Crippen LogP contribution is 2.44. The molecule has 6 heteroatoms. The molecule has 2 atom stereocenters. The van der Waals surface area contributed by atoms with Gasteiger partial charge in [0.05, 0.1) is 10.8 Å². The van der Waals surface area contributed by atoms with Crippen molar-refractivity contribution in [3.63, 3.8) is 0 Å². The van der Waals surface area contributed by atoms with E-state index >= 15 is 0 Å². The first kappa shape index (κ1) is 13.1. The Balaban J connectivity index is 1.77. The topological polar surface area (TPSA) is 47.8 Å². The maximum atomic E-state index is 12.1. The molecule has 0 saturated heterocycles. The summed E-state index contributed by atoms with van der Waals surface area (Å²) in [6.07, 6.45) is 2.38. The molecular weight excluding hydrogens is 284 g/mol. The number of nitrogens with zero attached hydrogens (tertiary/aromatic N) is 3. The third kappa shape index (κ3) is 2.11. The highest BCUT2D eigenvalue weighted by Gasteiger charge is 2.44. The summed E-state index contributed by atoms with van der Waals surface area (Å²) in [5.41, 5.74) is 1.07. The Kier molecular flexibility index (Phi) is 2.76. The number of rotatable bonds is 3. The number of halogens is 1. The van der Waals surface area contributed by atoms with Crippen molar-refractivity contribution in [2.75, 3.05) is 0 Å². The van der Waals surface area contributed by atoms with Gasteiger partial charge in [-0.05, 0) is 24.8 Å². The molecule has 1 saturated carbocycles. The molecule has 1 aromatic carbocycles. The molecule has 1 fully saturated rings. The van der Waals surface area contributed by atoms with Crippen LogP contribution in [0.15, 0.2) is 30.3 Å². The number of carbonyl (C=O) groups is 1. The average Bonchev–Trinajstić information content (AvgIpc) is 3.17. The number of benzene rings is 1. The van der Waals surface area contributed by atoms with Crippen LogP contribution < -0.4 is 0 Å². The first-order chi connectivity index (χ1) is 10.1. The van der Waals surface area contributed by atoms with Gasteiger partial charge < -0.3 is 0 Å². The van der Waals surface area contributed by atoms with E-state index in [0.29, 0.717) is 12.2 Å². The Hall–Kier alpha value is -1.62. The average molecular weight is 298 g/mol. The first-order valence-corrected chi connectivity index (χ1v) is 7.48. The van der Waals surface area contributed by atoms with Crippen LogP contribution in [0.2, 0.25) is 0 Å². The second kappa shape index (κ2) is 4.44. The molecule has 0 bridgehead atoms. The number of hydrogen-bond donors (Lipinski definition) is 0. The predicted molar refractivity (Wildman–Crippen MR) is 79.6 cm³/mol. The van der Waals surface area contributed by atoms with Gasteiger partial charge in [-0.2, -0.15) is 0 Å². The quantitative estimate of drug-likeness (QED) is 0.496. The minimum Gasteiger partial charge on any atom is -0.290 e. The maximum absolute atomic E-state index is 12.1. The predicted octanol–water partition coefficient (Wildman–Crippen LogP) is 2.42. The van der Waals surface area contributed by atoms with Gasteiger partial charge in [0.15, 0.2) is 0 Å².